The minimum Gasteiger partial charge on any atom is -0.355 e. The first-order valence-electron chi connectivity index (χ1n) is 5.45. The van der Waals surface area contributed by atoms with Crippen molar-refractivity contribution in [2.24, 2.45) is 0 Å². The normalized spacial score (nSPS) is 17.6. The van der Waals surface area contributed by atoms with Crippen LogP contribution in [0, 0.1) is 0 Å². The third-order valence-corrected chi connectivity index (χ3v) is 3.16. The zero-order chi connectivity index (χ0) is 12.3. The molecule has 0 aromatic carbocycles. The molecule has 4 nitrogen and oxygen atoms in total. The maximum Gasteiger partial charge on any atom is 0.234 e. The fourth-order valence-corrected chi connectivity index (χ4v) is 2.21. The molecule has 1 aromatic rings. The monoisotopic (exact) mass is 273 g/mol. The Labute approximate surface area is 110 Å². The molecule has 0 saturated carbocycles. The molecule has 2 rings (SSSR count). The third kappa shape index (κ3) is 3.56. The van der Waals surface area contributed by atoms with Crippen molar-refractivity contribution >= 4 is 29.1 Å². The number of aromatic nitrogens is 1. The highest BCUT2D eigenvalue weighted by Crippen LogP contribution is 2.18. The van der Waals surface area contributed by atoms with Crippen LogP contribution in [0.1, 0.15) is 12.0 Å². The first-order valence-corrected chi connectivity index (χ1v) is 6.21. The summed E-state index contributed by atoms with van der Waals surface area (Å²) in [6.07, 6.45) is 0.949. The van der Waals surface area contributed by atoms with Crippen LogP contribution in [0.3, 0.4) is 0 Å². The molecule has 0 radical (unpaired) electrons. The summed E-state index contributed by atoms with van der Waals surface area (Å²) in [4.78, 5) is 17.4. The van der Waals surface area contributed by atoms with Gasteiger partial charge in [0, 0.05) is 25.2 Å². The molecule has 1 N–H and O–H groups in total. The summed E-state index contributed by atoms with van der Waals surface area (Å²) in [5, 5.41) is 3.62. The molecule has 1 aliphatic heterocycles. The predicted octanol–water partition coefficient (Wildman–Crippen LogP) is 1.71. The van der Waals surface area contributed by atoms with Crippen molar-refractivity contribution in [1.82, 2.24) is 15.2 Å². The van der Waals surface area contributed by atoms with E-state index in [9.17, 15) is 4.79 Å². The molecular formula is C11H13Cl2N3O. The lowest BCUT2D eigenvalue weighted by atomic mass is 10.2. The van der Waals surface area contributed by atoms with Crippen LogP contribution in [-0.4, -0.2) is 35.4 Å². The zero-order valence-corrected chi connectivity index (χ0v) is 10.8. The van der Waals surface area contributed by atoms with Gasteiger partial charge in [-0.15, -0.1) is 0 Å². The van der Waals surface area contributed by atoms with E-state index in [1.54, 1.807) is 6.07 Å². The van der Waals surface area contributed by atoms with Crippen LogP contribution < -0.4 is 5.32 Å². The van der Waals surface area contributed by atoms with E-state index in [0.717, 1.165) is 25.1 Å². The Hall–Kier alpha value is -0.840. The summed E-state index contributed by atoms with van der Waals surface area (Å²) >= 11 is 11.7. The van der Waals surface area contributed by atoms with Crippen LogP contribution in [0.25, 0.3) is 0 Å². The van der Waals surface area contributed by atoms with Crippen LogP contribution in [0.4, 0.5) is 0 Å². The van der Waals surface area contributed by atoms with Crippen molar-refractivity contribution in [3.63, 3.8) is 0 Å². The fraction of sp³-hybridized carbons (Fsp3) is 0.455. The van der Waals surface area contributed by atoms with Gasteiger partial charge in [-0.25, -0.2) is 4.98 Å². The molecule has 0 atom stereocenters. The van der Waals surface area contributed by atoms with E-state index in [-0.39, 0.29) is 5.91 Å². The molecule has 1 aromatic heterocycles. The Bertz CT molecular complexity index is 425. The lowest BCUT2D eigenvalue weighted by Gasteiger charge is -2.18. The van der Waals surface area contributed by atoms with E-state index in [1.807, 2.05) is 6.07 Å². The van der Waals surface area contributed by atoms with Crippen molar-refractivity contribution in [3.05, 3.63) is 28.0 Å². The minimum atomic E-state index is 0.0561. The van der Waals surface area contributed by atoms with E-state index >= 15 is 0 Å². The second-order valence-electron chi connectivity index (χ2n) is 4.00. The fourth-order valence-electron chi connectivity index (χ4n) is 1.80. The Morgan fingerprint density at radius 2 is 2.24 bits per heavy atom. The second-order valence-corrected chi connectivity index (χ2v) is 4.74. The Morgan fingerprint density at radius 3 is 3.00 bits per heavy atom. The number of pyridine rings is 1. The van der Waals surface area contributed by atoms with Crippen LogP contribution in [0.2, 0.25) is 10.3 Å². The number of carbonyl (C=O) groups excluding carboxylic acids is 1. The van der Waals surface area contributed by atoms with Gasteiger partial charge in [0.1, 0.15) is 10.3 Å². The maximum absolute atomic E-state index is 11.4. The largest absolute Gasteiger partial charge is 0.355 e. The van der Waals surface area contributed by atoms with Gasteiger partial charge in [0.2, 0.25) is 5.91 Å². The van der Waals surface area contributed by atoms with E-state index < -0.39 is 0 Å². The zero-order valence-electron chi connectivity index (χ0n) is 9.25. The lowest BCUT2D eigenvalue weighted by Crippen LogP contribution is -2.32. The van der Waals surface area contributed by atoms with E-state index in [2.05, 4.69) is 15.2 Å². The lowest BCUT2D eigenvalue weighted by molar-refractivity contribution is -0.121. The summed E-state index contributed by atoms with van der Waals surface area (Å²) in [5.41, 5.74) is 0.894. The van der Waals surface area contributed by atoms with Crippen LogP contribution in [0.5, 0.6) is 0 Å². The van der Waals surface area contributed by atoms with Crippen molar-refractivity contribution < 1.29 is 4.79 Å². The third-order valence-electron chi connectivity index (χ3n) is 2.63. The van der Waals surface area contributed by atoms with Crippen molar-refractivity contribution in [3.8, 4) is 0 Å². The Morgan fingerprint density at radius 1 is 1.41 bits per heavy atom. The summed E-state index contributed by atoms with van der Waals surface area (Å²) in [6.45, 7) is 2.63. The van der Waals surface area contributed by atoms with Gasteiger partial charge in [-0.3, -0.25) is 9.69 Å². The van der Waals surface area contributed by atoms with E-state index in [0.29, 0.717) is 23.4 Å². The quantitative estimate of drug-likeness (QED) is 0.835. The Kier molecular flexibility index (Phi) is 4.20. The number of carbonyl (C=O) groups is 1. The summed E-state index contributed by atoms with van der Waals surface area (Å²) in [6, 6.07) is 3.56. The van der Waals surface area contributed by atoms with Gasteiger partial charge in [-0.1, -0.05) is 29.3 Å². The van der Waals surface area contributed by atoms with Gasteiger partial charge >= 0.3 is 0 Å². The number of hydrogen-bond acceptors (Lipinski definition) is 3. The van der Waals surface area contributed by atoms with Gasteiger partial charge in [0.15, 0.2) is 0 Å². The molecule has 2 heterocycles. The van der Waals surface area contributed by atoms with Crippen LogP contribution in [0.15, 0.2) is 12.1 Å². The van der Waals surface area contributed by atoms with E-state index in [4.69, 9.17) is 23.2 Å². The number of nitrogens with zero attached hydrogens (tertiary/aromatic N) is 2. The van der Waals surface area contributed by atoms with Crippen LogP contribution >= 0.6 is 23.2 Å². The van der Waals surface area contributed by atoms with Crippen molar-refractivity contribution in [1.29, 1.82) is 0 Å². The first-order chi connectivity index (χ1) is 8.15. The number of amides is 1. The molecule has 0 unspecified atom stereocenters. The van der Waals surface area contributed by atoms with E-state index in [1.165, 1.54) is 0 Å². The highest BCUT2D eigenvalue weighted by molar-refractivity contribution is 6.32. The number of halogens is 2. The summed E-state index contributed by atoms with van der Waals surface area (Å²) < 4.78 is 0. The van der Waals surface area contributed by atoms with Gasteiger partial charge < -0.3 is 5.32 Å². The molecule has 0 bridgehead atoms. The smallest absolute Gasteiger partial charge is 0.234 e. The SMILES string of the molecule is O=C1CN(Cc2ccc(Cl)nc2Cl)CCCN1. The summed E-state index contributed by atoms with van der Waals surface area (Å²) in [5.74, 6) is 0.0561. The molecule has 17 heavy (non-hydrogen) atoms. The van der Waals surface area contributed by atoms with Crippen molar-refractivity contribution in [2.45, 2.75) is 13.0 Å². The molecule has 92 valence electrons. The second kappa shape index (κ2) is 5.67. The molecule has 1 saturated heterocycles. The van der Waals surface area contributed by atoms with Gasteiger partial charge in [0.25, 0.3) is 0 Å². The maximum atomic E-state index is 11.4. The minimum absolute atomic E-state index is 0.0561. The molecule has 1 amide bonds. The molecule has 0 aliphatic carbocycles. The standard InChI is InChI=1S/C11H13Cl2N3O/c12-9-3-2-8(11(13)15-9)6-16-5-1-4-14-10(17)7-16/h2-3H,1,4-7H2,(H,14,17). The molecule has 1 fully saturated rings. The van der Waals surface area contributed by atoms with Crippen molar-refractivity contribution in [2.75, 3.05) is 19.6 Å². The average Bonchev–Trinajstić information content (AvgIpc) is 2.47. The summed E-state index contributed by atoms with van der Waals surface area (Å²) in [7, 11) is 0. The predicted molar refractivity (Wildman–Crippen MR) is 67.2 cm³/mol. The highest BCUT2D eigenvalue weighted by atomic mass is 35.5. The number of hydrogen-bond donors (Lipinski definition) is 1. The highest BCUT2D eigenvalue weighted by Gasteiger charge is 2.16. The molecule has 6 heteroatoms. The topological polar surface area (TPSA) is 45.2 Å². The van der Waals surface area contributed by atoms with Gasteiger partial charge in [-0.2, -0.15) is 0 Å². The molecule has 1 aliphatic rings. The Balaban J connectivity index is 2.06. The number of nitrogens with one attached hydrogen (secondary N) is 1. The molecule has 0 spiro atoms. The van der Waals surface area contributed by atoms with Gasteiger partial charge in [-0.05, 0) is 12.5 Å². The van der Waals surface area contributed by atoms with Gasteiger partial charge in [0.05, 0.1) is 6.54 Å². The van der Waals surface area contributed by atoms with Crippen LogP contribution in [-0.2, 0) is 11.3 Å². The average molecular weight is 274 g/mol. The number of rotatable bonds is 2. The molecular weight excluding hydrogens is 261 g/mol. The first kappa shape index (κ1) is 12.6.